The van der Waals surface area contributed by atoms with E-state index in [0.717, 1.165) is 44.9 Å². The van der Waals surface area contributed by atoms with Crippen molar-refractivity contribution in [1.82, 2.24) is 15.5 Å². The van der Waals surface area contributed by atoms with Gasteiger partial charge in [-0.25, -0.2) is 0 Å². The van der Waals surface area contributed by atoms with Crippen LogP contribution in [0.4, 0.5) is 0 Å². The van der Waals surface area contributed by atoms with E-state index in [1.54, 1.807) is 0 Å². The molecule has 0 aromatic carbocycles. The lowest BCUT2D eigenvalue weighted by Gasteiger charge is -2.36. The number of carbonyl (C=O) groups excluding carboxylic acids is 2. The topological polar surface area (TPSA) is 90.9 Å². The van der Waals surface area contributed by atoms with Crippen LogP contribution in [0.2, 0.25) is 0 Å². The van der Waals surface area contributed by atoms with E-state index in [0.29, 0.717) is 13.1 Å². The molecule has 1 saturated carbocycles. The Labute approximate surface area is 150 Å². The normalized spacial score (nSPS) is 27.4. The SMILES string of the molecule is CN(C)CC(=O)N[C@H]1CC[C@@H](CCNC(=O)C2CCCC2)O[C@H]1CO. The Kier molecular flexibility index (Phi) is 8.12. The van der Waals surface area contributed by atoms with Crippen LogP contribution < -0.4 is 10.6 Å². The van der Waals surface area contributed by atoms with Crippen LogP contribution in [0.1, 0.15) is 44.9 Å². The molecule has 7 nitrogen and oxygen atoms in total. The molecular formula is C18H33N3O4. The van der Waals surface area contributed by atoms with E-state index >= 15 is 0 Å². The van der Waals surface area contributed by atoms with Crippen LogP contribution in [-0.2, 0) is 14.3 Å². The van der Waals surface area contributed by atoms with E-state index in [4.69, 9.17) is 4.74 Å². The highest BCUT2D eigenvalue weighted by Gasteiger charge is 2.32. The summed E-state index contributed by atoms with van der Waals surface area (Å²) in [5, 5.41) is 15.5. The Balaban J connectivity index is 1.69. The predicted octanol–water partition coefficient (Wildman–Crippen LogP) is 0.269. The third-order valence-corrected chi connectivity index (χ3v) is 5.09. The van der Waals surface area contributed by atoms with Crippen LogP contribution in [0.5, 0.6) is 0 Å². The Bertz CT molecular complexity index is 438. The number of hydrogen-bond acceptors (Lipinski definition) is 5. The fourth-order valence-corrected chi connectivity index (χ4v) is 3.74. The van der Waals surface area contributed by atoms with Crippen LogP contribution in [-0.4, -0.2) is 73.9 Å². The van der Waals surface area contributed by atoms with Gasteiger partial charge < -0.3 is 25.4 Å². The zero-order valence-electron chi connectivity index (χ0n) is 15.5. The molecule has 2 amide bonds. The average Bonchev–Trinajstić information content (AvgIpc) is 3.09. The highest BCUT2D eigenvalue weighted by Crippen LogP contribution is 2.25. The molecule has 3 N–H and O–H groups in total. The molecular weight excluding hydrogens is 322 g/mol. The minimum absolute atomic E-state index is 0.0167. The molecule has 1 aliphatic heterocycles. The number of likely N-dealkylation sites (N-methyl/N-ethyl adjacent to an activating group) is 1. The second-order valence-corrected chi connectivity index (χ2v) is 7.53. The average molecular weight is 355 g/mol. The van der Waals surface area contributed by atoms with Crippen LogP contribution in [0, 0.1) is 5.92 Å². The Morgan fingerprint density at radius 1 is 1.16 bits per heavy atom. The quantitative estimate of drug-likeness (QED) is 0.581. The number of amides is 2. The molecule has 0 radical (unpaired) electrons. The van der Waals surface area contributed by atoms with Gasteiger partial charge in [0.15, 0.2) is 0 Å². The molecule has 2 aliphatic rings. The summed E-state index contributed by atoms with van der Waals surface area (Å²) in [7, 11) is 3.69. The zero-order chi connectivity index (χ0) is 18.2. The van der Waals surface area contributed by atoms with Gasteiger partial charge in [-0.3, -0.25) is 9.59 Å². The largest absolute Gasteiger partial charge is 0.394 e. The van der Waals surface area contributed by atoms with Gasteiger partial charge in [-0.15, -0.1) is 0 Å². The summed E-state index contributed by atoms with van der Waals surface area (Å²) in [6.07, 6.45) is 6.31. The number of aliphatic hydroxyl groups is 1. The first-order chi connectivity index (χ1) is 12.0. The summed E-state index contributed by atoms with van der Waals surface area (Å²) in [6.45, 7) is 0.818. The lowest BCUT2D eigenvalue weighted by Crippen LogP contribution is -2.52. The number of nitrogens with zero attached hydrogens (tertiary/aromatic N) is 1. The van der Waals surface area contributed by atoms with E-state index in [1.807, 2.05) is 19.0 Å². The molecule has 0 unspecified atom stereocenters. The molecule has 2 fully saturated rings. The molecule has 25 heavy (non-hydrogen) atoms. The summed E-state index contributed by atoms with van der Waals surface area (Å²) in [6, 6.07) is -0.151. The Morgan fingerprint density at radius 3 is 2.52 bits per heavy atom. The maximum Gasteiger partial charge on any atom is 0.234 e. The molecule has 1 aliphatic carbocycles. The van der Waals surface area contributed by atoms with Crippen molar-refractivity contribution in [2.45, 2.75) is 63.2 Å². The van der Waals surface area contributed by atoms with Crippen molar-refractivity contribution in [1.29, 1.82) is 0 Å². The van der Waals surface area contributed by atoms with Crippen molar-refractivity contribution in [2.24, 2.45) is 5.92 Å². The van der Waals surface area contributed by atoms with Gasteiger partial charge in [-0.2, -0.15) is 0 Å². The van der Waals surface area contributed by atoms with Crippen molar-refractivity contribution >= 4 is 11.8 Å². The first kappa shape index (κ1) is 20.1. The summed E-state index contributed by atoms with van der Waals surface area (Å²) in [5.74, 6) is 0.300. The van der Waals surface area contributed by atoms with E-state index in [-0.39, 0.29) is 42.6 Å². The number of nitrogens with one attached hydrogen (secondary N) is 2. The molecule has 3 atom stereocenters. The van der Waals surface area contributed by atoms with Crippen molar-refractivity contribution in [3.05, 3.63) is 0 Å². The number of aliphatic hydroxyl groups excluding tert-OH is 1. The van der Waals surface area contributed by atoms with Gasteiger partial charge in [0.05, 0.1) is 25.3 Å². The molecule has 2 rings (SSSR count). The standard InChI is InChI=1S/C18H33N3O4/c1-21(2)11-17(23)20-15-8-7-14(25-16(15)12-22)9-10-19-18(24)13-5-3-4-6-13/h13-16,22H,3-12H2,1-2H3,(H,19,24)(H,20,23)/t14-,15-,16-/m0/s1. The van der Waals surface area contributed by atoms with Crippen molar-refractivity contribution in [3.63, 3.8) is 0 Å². The van der Waals surface area contributed by atoms with Crippen LogP contribution in [0.3, 0.4) is 0 Å². The molecule has 7 heteroatoms. The third kappa shape index (κ3) is 6.56. The maximum absolute atomic E-state index is 12.0. The van der Waals surface area contributed by atoms with Gasteiger partial charge in [0.2, 0.25) is 11.8 Å². The Morgan fingerprint density at radius 2 is 1.88 bits per heavy atom. The molecule has 0 aromatic rings. The highest BCUT2D eigenvalue weighted by atomic mass is 16.5. The van der Waals surface area contributed by atoms with Crippen LogP contribution in [0.15, 0.2) is 0 Å². The zero-order valence-corrected chi connectivity index (χ0v) is 15.5. The van der Waals surface area contributed by atoms with Gasteiger partial charge >= 0.3 is 0 Å². The van der Waals surface area contributed by atoms with E-state index in [2.05, 4.69) is 10.6 Å². The molecule has 1 heterocycles. The van der Waals surface area contributed by atoms with E-state index < -0.39 is 0 Å². The monoisotopic (exact) mass is 355 g/mol. The van der Waals surface area contributed by atoms with E-state index in [1.165, 1.54) is 0 Å². The number of ether oxygens (including phenoxy) is 1. The number of carbonyl (C=O) groups is 2. The lowest BCUT2D eigenvalue weighted by molar-refractivity contribution is -0.130. The fourth-order valence-electron chi connectivity index (χ4n) is 3.74. The van der Waals surface area contributed by atoms with Gasteiger partial charge in [0, 0.05) is 12.5 Å². The summed E-state index contributed by atoms with van der Waals surface area (Å²) >= 11 is 0. The highest BCUT2D eigenvalue weighted by molar-refractivity contribution is 5.79. The van der Waals surface area contributed by atoms with Crippen molar-refractivity contribution in [3.8, 4) is 0 Å². The summed E-state index contributed by atoms with van der Waals surface area (Å²) < 4.78 is 5.93. The minimum Gasteiger partial charge on any atom is -0.394 e. The second kappa shape index (κ2) is 10.1. The van der Waals surface area contributed by atoms with Gasteiger partial charge in [-0.1, -0.05) is 12.8 Å². The van der Waals surface area contributed by atoms with Gasteiger partial charge in [0.1, 0.15) is 6.10 Å². The smallest absolute Gasteiger partial charge is 0.234 e. The van der Waals surface area contributed by atoms with Gasteiger partial charge in [0.25, 0.3) is 0 Å². The van der Waals surface area contributed by atoms with Crippen LogP contribution >= 0.6 is 0 Å². The first-order valence-corrected chi connectivity index (χ1v) is 9.47. The molecule has 0 spiro atoms. The Hall–Kier alpha value is -1.18. The molecule has 1 saturated heterocycles. The molecule has 0 aromatic heterocycles. The van der Waals surface area contributed by atoms with Gasteiger partial charge in [-0.05, 0) is 46.2 Å². The molecule has 144 valence electrons. The lowest BCUT2D eigenvalue weighted by atomic mass is 9.97. The van der Waals surface area contributed by atoms with Crippen molar-refractivity contribution in [2.75, 3.05) is 33.8 Å². The third-order valence-electron chi connectivity index (χ3n) is 5.09. The maximum atomic E-state index is 12.0. The van der Waals surface area contributed by atoms with Crippen molar-refractivity contribution < 1.29 is 19.4 Å². The first-order valence-electron chi connectivity index (χ1n) is 9.47. The summed E-state index contributed by atoms with van der Waals surface area (Å²) in [5.41, 5.74) is 0. The second-order valence-electron chi connectivity index (χ2n) is 7.53. The van der Waals surface area contributed by atoms with Crippen LogP contribution in [0.25, 0.3) is 0 Å². The number of hydrogen-bond donors (Lipinski definition) is 3. The molecule has 0 bridgehead atoms. The summed E-state index contributed by atoms with van der Waals surface area (Å²) in [4.78, 5) is 25.7. The minimum atomic E-state index is -0.379. The van der Waals surface area contributed by atoms with E-state index in [9.17, 15) is 14.7 Å². The number of rotatable bonds is 8. The fraction of sp³-hybridized carbons (Fsp3) is 0.889. The predicted molar refractivity (Wildman–Crippen MR) is 95.1 cm³/mol.